The Kier molecular flexibility index (Phi) is 5.66. The zero-order valence-corrected chi connectivity index (χ0v) is 12.8. The van der Waals surface area contributed by atoms with Crippen molar-refractivity contribution >= 4 is 11.8 Å². The lowest BCUT2D eigenvalue weighted by Gasteiger charge is -2.15. The molecular weight excluding hydrogens is 258 g/mol. The van der Waals surface area contributed by atoms with E-state index in [2.05, 4.69) is 33.5 Å². The number of thioether (sulfide) groups is 1. The highest BCUT2D eigenvalue weighted by molar-refractivity contribution is 7.99. The maximum atomic E-state index is 5.70. The molecule has 19 heavy (non-hydrogen) atoms. The van der Waals surface area contributed by atoms with E-state index < -0.39 is 0 Å². The lowest BCUT2D eigenvalue weighted by Crippen LogP contribution is -2.20. The first kappa shape index (κ1) is 14.8. The molecule has 0 atom stereocenters. The van der Waals surface area contributed by atoms with Crippen molar-refractivity contribution in [1.29, 1.82) is 0 Å². The number of nitrogens with zero attached hydrogens (tertiary/aromatic N) is 4. The number of hydrogen-bond acceptors (Lipinski definition) is 5. The van der Waals surface area contributed by atoms with Gasteiger partial charge in [0.1, 0.15) is 5.82 Å². The first-order chi connectivity index (χ1) is 9.22. The van der Waals surface area contributed by atoms with E-state index in [1.54, 1.807) is 11.8 Å². The van der Waals surface area contributed by atoms with Crippen molar-refractivity contribution in [1.82, 2.24) is 19.7 Å². The van der Waals surface area contributed by atoms with Crippen LogP contribution in [-0.4, -0.2) is 45.1 Å². The normalized spacial score (nSPS) is 16.6. The Hall–Kier alpha value is -0.590. The summed E-state index contributed by atoms with van der Waals surface area (Å²) in [6.45, 7) is 8.54. The van der Waals surface area contributed by atoms with Crippen LogP contribution in [0.3, 0.4) is 0 Å². The molecule has 2 rings (SSSR count). The van der Waals surface area contributed by atoms with Crippen LogP contribution < -0.4 is 5.73 Å². The van der Waals surface area contributed by atoms with Gasteiger partial charge in [0.25, 0.3) is 0 Å². The zero-order chi connectivity index (χ0) is 13.7. The predicted octanol–water partition coefficient (Wildman–Crippen LogP) is 1.90. The SMILES string of the molecule is CC(C)n1c(CN)nnc1SCCCN1CCCC1. The smallest absolute Gasteiger partial charge is 0.191 e. The molecule has 5 nitrogen and oxygen atoms in total. The van der Waals surface area contributed by atoms with Gasteiger partial charge in [0.15, 0.2) is 5.16 Å². The highest BCUT2D eigenvalue weighted by Gasteiger charge is 2.14. The van der Waals surface area contributed by atoms with Gasteiger partial charge < -0.3 is 15.2 Å². The predicted molar refractivity (Wildman–Crippen MR) is 79.3 cm³/mol. The van der Waals surface area contributed by atoms with E-state index >= 15 is 0 Å². The van der Waals surface area contributed by atoms with Crippen LogP contribution >= 0.6 is 11.8 Å². The molecule has 0 aromatic carbocycles. The fraction of sp³-hybridized carbons (Fsp3) is 0.846. The molecule has 1 aromatic rings. The van der Waals surface area contributed by atoms with E-state index in [9.17, 15) is 0 Å². The third-order valence-corrected chi connectivity index (χ3v) is 4.51. The number of likely N-dealkylation sites (tertiary alicyclic amines) is 1. The third-order valence-electron chi connectivity index (χ3n) is 3.48. The number of rotatable bonds is 7. The molecule has 1 saturated heterocycles. The van der Waals surface area contributed by atoms with E-state index in [1.165, 1.54) is 38.9 Å². The highest BCUT2D eigenvalue weighted by atomic mass is 32.2. The summed E-state index contributed by atoms with van der Waals surface area (Å²) >= 11 is 1.80. The van der Waals surface area contributed by atoms with E-state index in [0.717, 1.165) is 16.7 Å². The molecule has 0 saturated carbocycles. The molecule has 2 N–H and O–H groups in total. The lowest BCUT2D eigenvalue weighted by molar-refractivity contribution is 0.341. The monoisotopic (exact) mass is 283 g/mol. The van der Waals surface area contributed by atoms with Crippen molar-refractivity contribution in [3.05, 3.63) is 5.82 Å². The standard InChI is InChI=1S/C13H25N5S/c1-11(2)18-12(10-14)15-16-13(18)19-9-5-8-17-6-3-4-7-17/h11H,3-10,14H2,1-2H3. The average molecular weight is 283 g/mol. The summed E-state index contributed by atoms with van der Waals surface area (Å²) in [5.74, 6) is 1.99. The molecule has 1 aromatic heterocycles. The van der Waals surface area contributed by atoms with Crippen LogP contribution in [0.25, 0.3) is 0 Å². The van der Waals surface area contributed by atoms with E-state index in [-0.39, 0.29) is 0 Å². The topological polar surface area (TPSA) is 60.0 Å². The number of nitrogens with two attached hydrogens (primary N) is 1. The van der Waals surface area contributed by atoms with Crippen LogP contribution in [0.1, 0.15) is 45.0 Å². The fourth-order valence-corrected chi connectivity index (χ4v) is 3.53. The number of hydrogen-bond donors (Lipinski definition) is 1. The van der Waals surface area contributed by atoms with Gasteiger partial charge in [0.05, 0.1) is 6.54 Å². The van der Waals surface area contributed by atoms with E-state index in [0.29, 0.717) is 12.6 Å². The van der Waals surface area contributed by atoms with Crippen molar-refractivity contribution in [3.8, 4) is 0 Å². The van der Waals surface area contributed by atoms with Gasteiger partial charge >= 0.3 is 0 Å². The van der Waals surface area contributed by atoms with Gasteiger partial charge in [-0.25, -0.2) is 0 Å². The zero-order valence-electron chi connectivity index (χ0n) is 12.0. The van der Waals surface area contributed by atoms with Gasteiger partial charge in [-0.1, -0.05) is 11.8 Å². The fourth-order valence-electron chi connectivity index (χ4n) is 2.52. The first-order valence-electron chi connectivity index (χ1n) is 7.21. The second-order valence-electron chi connectivity index (χ2n) is 5.32. The molecule has 0 bridgehead atoms. The number of aromatic nitrogens is 3. The first-order valence-corrected chi connectivity index (χ1v) is 8.20. The lowest BCUT2D eigenvalue weighted by atomic mass is 10.4. The van der Waals surface area contributed by atoms with Crippen LogP contribution in [0.4, 0.5) is 0 Å². The second-order valence-corrected chi connectivity index (χ2v) is 6.38. The minimum Gasteiger partial charge on any atom is -0.324 e. The van der Waals surface area contributed by atoms with Crippen molar-refractivity contribution in [2.45, 2.75) is 50.9 Å². The Bertz CT molecular complexity index is 384. The Morgan fingerprint density at radius 2 is 2.00 bits per heavy atom. The molecular formula is C13H25N5S. The Labute approximate surface area is 119 Å². The molecule has 1 aliphatic heterocycles. The van der Waals surface area contributed by atoms with Crippen molar-refractivity contribution in [2.75, 3.05) is 25.4 Å². The third kappa shape index (κ3) is 3.94. The van der Waals surface area contributed by atoms with Crippen molar-refractivity contribution in [2.24, 2.45) is 5.73 Å². The maximum Gasteiger partial charge on any atom is 0.191 e. The quantitative estimate of drug-likeness (QED) is 0.612. The minimum atomic E-state index is 0.370. The molecule has 1 aliphatic rings. The van der Waals surface area contributed by atoms with Crippen LogP contribution in [0.15, 0.2) is 5.16 Å². The van der Waals surface area contributed by atoms with Crippen LogP contribution in [0.5, 0.6) is 0 Å². The second kappa shape index (κ2) is 7.26. The summed E-state index contributed by atoms with van der Waals surface area (Å²) in [5, 5.41) is 9.44. The maximum absolute atomic E-state index is 5.70. The van der Waals surface area contributed by atoms with Gasteiger partial charge in [0, 0.05) is 11.8 Å². The van der Waals surface area contributed by atoms with Crippen molar-refractivity contribution < 1.29 is 0 Å². The summed E-state index contributed by atoms with van der Waals surface area (Å²) in [6, 6.07) is 0.370. The van der Waals surface area contributed by atoms with Gasteiger partial charge in [-0.15, -0.1) is 10.2 Å². The van der Waals surface area contributed by atoms with Gasteiger partial charge in [0.2, 0.25) is 0 Å². The molecule has 2 heterocycles. The van der Waals surface area contributed by atoms with E-state index in [1.807, 2.05) is 0 Å². The Morgan fingerprint density at radius 1 is 1.26 bits per heavy atom. The molecule has 0 unspecified atom stereocenters. The Balaban J connectivity index is 1.80. The molecule has 6 heteroatoms. The summed E-state index contributed by atoms with van der Waals surface area (Å²) < 4.78 is 2.15. The molecule has 108 valence electrons. The van der Waals surface area contributed by atoms with Gasteiger partial charge in [-0.2, -0.15) is 0 Å². The van der Waals surface area contributed by atoms with Crippen LogP contribution in [0, 0.1) is 0 Å². The van der Waals surface area contributed by atoms with Crippen LogP contribution in [0.2, 0.25) is 0 Å². The average Bonchev–Trinajstić information content (AvgIpc) is 3.03. The van der Waals surface area contributed by atoms with Gasteiger partial charge in [-0.05, 0) is 52.7 Å². The highest BCUT2D eigenvalue weighted by Crippen LogP contribution is 2.22. The summed E-state index contributed by atoms with van der Waals surface area (Å²) in [5.41, 5.74) is 5.70. The molecule has 1 fully saturated rings. The minimum absolute atomic E-state index is 0.370. The molecule has 0 aliphatic carbocycles. The van der Waals surface area contributed by atoms with E-state index in [4.69, 9.17) is 5.73 Å². The molecule has 0 spiro atoms. The molecule has 0 radical (unpaired) electrons. The molecule has 0 amide bonds. The van der Waals surface area contributed by atoms with Crippen LogP contribution in [-0.2, 0) is 6.54 Å². The largest absolute Gasteiger partial charge is 0.324 e. The summed E-state index contributed by atoms with van der Waals surface area (Å²) in [6.07, 6.45) is 3.96. The summed E-state index contributed by atoms with van der Waals surface area (Å²) in [7, 11) is 0. The summed E-state index contributed by atoms with van der Waals surface area (Å²) in [4.78, 5) is 2.55. The Morgan fingerprint density at radius 3 is 2.63 bits per heavy atom. The van der Waals surface area contributed by atoms with Crippen molar-refractivity contribution in [3.63, 3.8) is 0 Å². The van der Waals surface area contributed by atoms with Gasteiger partial charge in [-0.3, -0.25) is 0 Å².